The van der Waals surface area contributed by atoms with Crippen LogP contribution >= 0.6 is 11.6 Å². The van der Waals surface area contributed by atoms with E-state index in [0.717, 1.165) is 0 Å². The molecule has 2 aromatic carbocycles. The third-order valence-electron chi connectivity index (χ3n) is 3.70. The molecule has 24 heavy (non-hydrogen) atoms. The molecule has 1 atom stereocenters. The minimum absolute atomic E-state index is 0.0232. The molecule has 124 valence electrons. The molecule has 0 saturated carbocycles. The van der Waals surface area contributed by atoms with Crippen LogP contribution in [0.2, 0.25) is 5.02 Å². The lowest BCUT2D eigenvalue weighted by Gasteiger charge is -2.23. The number of benzodiazepines with no additional fused rings is 1. The van der Waals surface area contributed by atoms with Gasteiger partial charge in [-0.1, -0.05) is 23.7 Å². The Hall–Kier alpha value is -2.28. The molecule has 1 heterocycles. The van der Waals surface area contributed by atoms with Crippen molar-refractivity contribution in [3.8, 4) is 0 Å². The van der Waals surface area contributed by atoms with Crippen LogP contribution in [0.1, 0.15) is 11.1 Å². The van der Waals surface area contributed by atoms with Crippen LogP contribution in [-0.2, 0) is 4.79 Å². The number of fused-ring (bicyclic) bond motifs is 1. The van der Waals surface area contributed by atoms with Crippen LogP contribution in [0.15, 0.2) is 47.5 Å². The smallest absolute Gasteiger partial charge is 0.278 e. The van der Waals surface area contributed by atoms with Crippen molar-refractivity contribution in [2.45, 2.75) is 6.23 Å². The summed E-state index contributed by atoms with van der Waals surface area (Å²) in [5, 5.41) is 19.7. The average molecular weight is 349 g/mol. The Labute approximate surface area is 142 Å². The Morgan fingerprint density at radius 3 is 2.67 bits per heavy atom. The predicted molar refractivity (Wildman–Crippen MR) is 88.9 cm³/mol. The van der Waals surface area contributed by atoms with E-state index in [0.29, 0.717) is 16.3 Å². The number of halogens is 2. The van der Waals surface area contributed by atoms with Crippen molar-refractivity contribution in [1.29, 1.82) is 0 Å². The average Bonchev–Trinajstić information content (AvgIpc) is 2.66. The van der Waals surface area contributed by atoms with Gasteiger partial charge in [-0.25, -0.2) is 9.38 Å². The molecule has 0 saturated heterocycles. The van der Waals surface area contributed by atoms with E-state index in [9.17, 15) is 19.4 Å². The SMILES string of the molecule is O=C1[C@H](O)N=C(c2ccccc2F)c2cc(Cl)ccc2N1CCO. The summed E-state index contributed by atoms with van der Waals surface area (Å²) in [5.74, 6) is -1.23. The highest BCUT2D eigenvalue weighted by Crippen LogP contribution is 2.31. The third kappa shape index (κ3) is 2.91. The molecule has 0 fully saturated rings. The largest absolute Gasteiger partial charge is 0.395 e. The fourth-order valence-corrected chi connectivity index (χ4v) is 2.81. The van der Waals surface area contributed by atoms with Crippen LogP contribution in [0, 0.1) is 5.82 Å². The van der Waals surface area contributed by atoms with Gasteiger partial charge < -0.3 is 15.1 Å². The minimum Gasteiger partial charge on any atom is -0.395 e. The van der Waals surface area contributed by atoms with Crippen molar-refractivity contribution < 1.29 is 19.4 Å². The van der Waals surface area contributed by atoms with E-state index in [4.69, 9.17) is 11.6 Å². The Kier molecular flexibility index (Phi) is 4.62. The zero-order valence-electron chi connectivity index (χ0n) is 12.5. The molecule has 2 N–H and O–H groups in total. The van der Waals surface area contributed by atoms with Crippen LogP contribution in [0.4, 0.5) is 10.1 Å². The van der Waals surface area contributed by atoms with E-state index in [1.165, 1.54) is 23.1 Å². The number of aliphatic hydroxyl groups excluding tert-OH is 2. The number of hydrogen-bond acceptors (Lipinski definition) is 4. The molecule has 0 aromatic heterocycles. The molecular formula is C17H14ClFN2O3. The second-order valence-electron chi connectivity index (χ2n) is 5.21. The number of hydrogen-bond donors (Lipinski definition) is 2. The lowest BCUT2D eigenvalue weighted by Crippen LogP contribution is -2.39. The second kappa shape index (κ2) is 6.68. The number of rotatable bonds is 3. The molecular weight excluding hydrogens is 335 g/mol. The highest BCUT2D eigenvalue weighted by Gasteiger charge is 2.31. The zero-order chi connectivity index (χ0) is 17.3. The predicted octanol–water partition coefficient (Wildman–Crippen LogP) is 1.97. The van der Waals surface area contributed by atoms with E-state index in [1.54, 1.807) is 24.3 Å². The summed E-state index contributed by atoms with van der Waals surface area (Å²) in [6, 6.07) is 10.7. The highest BCUT2D eigenvalue weighted by atomic mass is 35.5. The molecule has 5 nitrogen and oxygen atoms in total. The molecule has 1 aliphatic heterocycles. The maximum absolute atomic E-state index is 14.2. The van der Waals surface area contributed by atoms with E-state index < -0.39 is 18.0 Å². The van der Waals surface area contributed by atoms with Crippen molar-refractivity contribution in [2.24, 2.45) is 4.99 Å². The first-order valence-electron chi connectivity index (χ1n) is 7.26. The highest BCUT2D eigenvalue weighted by molar-refractivity contribution is 6.32. The Balaban J connectivity index is 2.27. The molecule has 2 aromatic rings. The number of nitrogens with zero attached hydrogens (tertiary/aromatic N) is 2. The van der Waals surface area contributed by atoms with Gasteiger partial charge in [0.05, 0.1) is 18.0 Å². The molecule has 0 unspecified atom stereocenters. The number of carbonyl (C=O) groups excluding carboxylic acids is 1. The van der Waals surface area contributed by atoms with Gasteiger partial charge in [0, 0.05) is 22.7 Å². The first-order chi connectivity index (χ1) is 11.5. The number of anilines is 1. The fraction of sp³-hybridized carbons (Fsp3) is 0.176. The molecule has 7 heteroatoms. The number of benzene rings is 2. The number of aliphatic hydroxyl groups is 2. The molecule has 0 aliphatic carbocycles. The molecule has 0 bridgehead atoms. The first-order valence-corrected chi connectivity index (χ1v) is 7.63. The number of β-amino-alcohol motifs (C(OH)–C–C–N with tert-alkyl or cyclic N) is 1. The Bertz CT molecular complexity index is 825. The van der Waals surface area contributed by atoms with Crippen LogP contribution in [0.5, 0.6) is 0 Å². The van der Waals surface area contributed by atoms with Gasteiger partial charge in [0.15, 0.2) is 0 Å². The van der Waals surface area contributed by atoms with Gasteiger partial charge in [0.1, 0.15) is 5.82 Å². The summed E-state index contributed by atoms with van der Waals surface area (Å²) >= 11 is 6.06. The van der Waals surface area contributed by atoms with Crippen molar-refractivity contribution in [3.05, 3.63) is 64.4 Å². The quantitative estimate of drug-likeness (QED) is 0.890. The van der Waals surface area contributed by atoms with Gasteiger partial charge in [0.2, 0.25) is 6.23 Å². The molecule has 1 amide bonds. The van der Waals surface area contributed by atoms with Crippen LogP contribution in [-0.4, -0.2) is 41.2 Å². The number of carbonyl (C=O) groups is 1. The van der Waals surface area contributed by atoms with Gasteiger partial charge in [-0.3, -0.25) is 4.79 Å². The van der Waals surface area contributed by atoms with Crippen LogP contribution in [0.3, 0.4) is 0 Å². The lowest BCUT2D eigenvalue weighted by molar-refractivity contribution is -0.126. The second-order valence-corrected chi connectivity index (χ2v) is 5.64. The first kappa shape index (κ1) is 16.6. The van der Waals surface area contributed by atoms with Gasteiger partial charge in [-0.15, -0.1) is 0 Å². The Morgan fingerprint density at radius 2 is 1.96 bits per heavy atom. The van der Waals surface area contributed by atoms with Gasteiger partial charge in [-0.05, 0) is 30.3 Å². The topological polar surface area (TPSA) is 73.1 Å². The van der Waals surface area contributed by atoms with Crippen molar-refractivity contribution in [1.82, 2.24) is 0 Å². The minimum atomic E-state index is -1.70. The van der Waals surface area contributed by atoms with Gasteiger partial charge in [0.25, 0.3) is 5.91 Å². The van der Waals surface area contributed by atoms with Gasteiger partial charge >= 0.3 is 0 Å². The fourth-order valence-electron chi connectivity index (χ4n) is 2.64. The van der Waals surface area contributed by atoms with Crippen molar-refractivity contribution in [3.63, 3.8) is 0 Å². The summed E-state index contributed by atoms with van der Waals surface area (Å²) in [7, 11) is 0. The van der Waals surface area contributed by atoms with E-state index in [2.05, 4.69) is 4.99 Å². The molecule has 0 radical (unpaired) electrons. The normalized spacial score (nSPS) is 17.3. The molecule has 0 spiro atoms. The maximum Gasteiger partial charge on any atom is 0.278 e. The van der Waals surface area contributed by atoms with Crippen molar-refractivity contribution in [2.75, 3.05) is 18.1 Å². The summed E-state index contributed by atoms with van der Waals surface area (Å²) in [5.41, 5.74) is 1.09. The maximum atomic E-state index is 14.2. The molecule has 3 rings (SSSR count). The van der Waals surface area contributed by atoms with Gasteiger partial charge in [-0.2, -0.15) is 0 Å². The molecule has 1 aliphatic rings. The van der Waals surface area contributed by atoms with Crippen LogP contribution < -0.4 is 4.90 Å². The van der Waals surface area contributed by atoms with Crippen LogP contribution in [0.25, 0.3) is 0 Å². The number of amides is 1. The van der Waals surface area contributed by atoms with E-state index >= 15 is 0 Å². The summed E-state index contributed by atoms with van der Waals surface area (Å²) in [6.07, 6.45) is -1.70. The van der Waals surface area contributed by atoms with E-state index in [1.807, 2.05) is 0 Å². The summed E-state index contributed by atoms with van der Waals surface area (Å²) in [6.45, 7) is -0.319. The summed E-state index contributed by atoms with van der Waals surface area (Å²) < 4.78 is 14.2. The van der Waals surface area contributed by atoms with E-state index in [-0.39, 0.29) is 24.4 Å². The van der Waals surface area contributed by atoms with Crippen molar-refractivity contribution >= 4 is 28.9 Å². The standard InChI is InChI=1S/C17H14ClFN2O3/c18-10-5-6-14-12(9-10)15(11-3-1-2-4-13(11)19)20-16(23)17(24)21(14)7-8-22/h1-6,9,16,22-23H,7-8H2/t16-/m0/s1. The summed E-state index contributed by atoms with van der Waals surface area (Å²) in [4.78, 5) is 17.6. The zero-order valence-corrected chi connectivity index (χ0v) is 13.2. The monoisotopic (exact) mass is 348 g/mol. The number of aliphatic imine (C=N–C) groups is 1. The Morgan fingerprint density at radius 1 is 1.21 bits per heavy atom. The third-order valence-corrected chi connectivity index (χ3v) is 3.93. The lowest BCUT2D eigenvalue weighted by atomic mass is 9.99.